The molecule has 126 valence electrons. The second-order valence-corrected chi connectivity index (χ2v) is 5.57. The van der Waals surface area contributed by atoms with Crippen molar-refractivity contribution in [2.45, 2.75) is 25.8 Å². The molecule has 7 heteroatoms. The number of nitrogens with zero attached hydrogens (tertiary/aromatic N) is 1. The Bertz CT molecular complexity index is 573. The van der Waals surface area contributed by atoms with Gasteiger partial charge in [0.15, 0.2) is 11.6 Å². The number of hydrogen-bond acceptors (Lipinski definition) is 3. The lowest BCUT2D eigenvalue weighted by Crippen LogP contribution is -2.40. The topological polar surface area (TPSA) is 66.8 Å². The fourth-order valence-electron chi connectivity index (χ4n) is 2.55. The summed E-state index contributed by atoms with van der Waals surface area (Å²) < 4.78 is 31.6. The fraction of sp³-hybridized carbons (Fsp3) is 0.500. The number of carboxylic acid groups (broad SMARTS) is 1. The van der Waals surface area contributed by atoms with E-state index in [-0.39, 0.29) is 31.3 Å². The molecule has 1 saturated heterocycles. The van der Waals surface area contributed by atoms with Crippen LogP contribution in [-0.4, -0.2) is 41.6 Å². The van der Waals surface area contributed by atoms with Crippen LogP contribution in [0.1, 0.15) is 24.8 Å². The van der Waals surface area contributed by atoms with Gasteiger partial charge in [-0.05, 0) is 30.5 Å². The first-order chi connectivity index (χ1) is 11.0. The predicted octanol–water partition coefficient (Wildman–Crippen LogP) is 2.19. The van der Waals surface area contributed by atoms with Gasteiger partial charge in [-0.2, -0.15) is 0 Å². The monoisotopic (exact) mass is 327 g/mol. The standard InChI is InChI=1S/C16H19F2NO4/c17-13-4-3-11(8-14(13)18)9-19(6-5-15(20)21)16(22)12-2-1-7-23-10-12/h3-4,8,12H,1-2,5-7,9-10H2,(H,20,21). The van der Waals surface area contributed by atoms with E-state index in [1.165, 1.54) is 11.0 Å². The number of rotatable bonds is 6. The number of amides is 1. The number of ether oxygens (including phenoxy) is 1. The highest BCUT2D eigenvalue weighted by Crippen LogP contribution is 2.19. The van der Waals surface area contributed by atoms with Crippen molar-refractivity contribution in [3.05, 3.63) is 35.4 Å². The molecule has 1 heterocycles. The molecule has 2 rings (SSSR count). The minimum atomic E-state index is -1.02. The lowest BCUT2D eigenvalue weighted by atomic mass is 10.00. The van der Waals surface area contributed by atoms with Gasteiger partial charge in [-0.25, -0.2) is 8.78 Å². The Morgan fingerprint density at radius 2 is 2.09 bits per heavy atom. The van der Waals surface area contributed by atoms with Crippen LogP contribution in [0, 0.1) is 17.6 Å². The SMILES string of the molecule is O=C(O)CCN(Cc1ccc(F)c(F)c1)C(=O)C1CCCOC1. The van der Waals surface area contributed by atoms with Crippen LogP contribution in [0.4, 0.5) is 8.78 Å². The molecule has 1 aromatic rings. The maximum Gasteiger partial charge on any atom is 0.305 e. The second kappa shape index (κ2) is 8.01. The highest BCUT2D eigenvalue weighted by Gasteiger charge is 2.27. The average molecular weight is 327 g/mol. The summed E-state index contributed by atoms with van der Waals surface area (Å²) in [4.78, 5) is 24.7. The van der Waals surface area contributed by atoms with Gasteiger partial charge in [0.2, 0.25) is 5.91 Å². The average Bonchev–Trinajstić information content (AvgIpc) is 2.54. The van der Waals surface area contributed by atoms with Gasteiger partial charge in [0.05, 0.1) is 18.9 Å². The molecular weight excluding hydrogens is 308 g/mol. The quantitative estimate of drug-likeness (QED) is 0.870. The maximum absolute atomic E-state index is 13.3. The minimum absolute atomic E-state index is 0.0175. The van der Waals surface area contributed by atoms with E-state index >= 15 is 0 Å². The molecule has 1 unspecified atom stereocenters. The molecule has 0 radical (unpaired) electrons. The molecule has 0 bridgehead atoms. The van der Waals surface area contributed by atoms with Crippen molar-refractivity contribution < 1.29 is 28.2 Å². The van der Waals surface area contributed by atoms with Crippen LogP contribution in [0.15, 0.2) is 18.2 Å². The minimum Gasteiger partial charge on any atom is -0.481 e. The summed E-state index contributed by atoms with van der Waals surface area (Å²) >= 11 is 0. The molecule has 0 aromatic heterocycles. The van der Waals surface area contributed by atoms with Crippen molar-refractivity contribution in [1.29, 1.82) is 0 Å². The van der Waals surface area contributed by atoms with Gasteiger partial charge in [0.1, 0.15) is 0 Å². The molecule has 23 heavy (non-hydrogen) atoms. The number of aliphatic carboxylic acids is 1. The third kappa shape index (κ3) is 4.99. The van der Waals surface area contributed by atoms with Crippen LogP contribution >= 0.6 is 0 Å². The van der Waals surface area contributed by atoms with Crippen molar-refractivity contribution in [1.82, 2.24) is 4.90 Å². The molecule has 1 aliphatic rings. The molecule has 1 N–H and O–H groups in total. The summed E-state index contributed by atoms with van der Waals surface area (Å²) in [6.45, 7) is 0.978. The van der Waals surface area contributed by atoms with E-state index in [2.05, 4.69) is 0 Å². The normalized spacial score (nSPS) is 17.7. The zero-order chi connectivity index (χ0) is 16.8. The maximum atomic E-state index is 13.3. The second-order valence-electron chi connectivity index (χ2n) is 5.57. The van der Waals surface area contributed by atoms with E-state index in [0.717, 1.165) is 18.6 Å². The van der Waals surface area contributed by atoms with Gasteiger partial charge >= 0.3 is 5.97 Å². The van der Waals surface area contributed by atoms with Crippen LogP contribution in [-0.2, 0) is 20.9 Å². The lowest BCUT2D eigenvalue weighted by Gasteiger charge is -2.29. The molecule has 1 fully saturated rings. The number of benzene rings is 1. The van der Waals surface area contributed by atoms with Crippen LogP contribution in [0.5, 0.6) is 0 Å². The number of carbonyl (C=O) groups is 2. The van der Waals surface area contributed by atoms with Gasteiger partial charge < -0.3 is 14.7 Å². The molecule has 1 aromatic carbocycles. The molecule has 0 aliphatic carbocycles. The number of halogens is 2. The van der Waals surface area contributed by atoms with Gasteiger partial charge in [0, 0.05) is 19.7 Å². The van der Waals surface area contributed by atoms with Crippen molar-refractivity contribution in [2.75, 3.05) is 19.8 Å². The zero-order valence-corrected chi connectivity index (χ0v) is 12.6. The fourth-order valence-corrected chi connectivity index (χ4v) is 2.55. The van der Waals surface area contributed by atoms with E-state index in [9.17, 15) is 18.4 Å². The van der Waals surface area contributed by atoms with Crippen molar-refractivity contribution in [3.8, 4) is 0 Å². The Kier molecular flexibility index (Phi) is 6.04. The van der Waals surface area contributed by atoms with Crippen LogP contribution in [0.3, 0.4) is 0 Å². The van der Waals surface area contributed by atoms with E-state index < -0.39 is 17.6 Å². The molecule has 5 nitrogen and oxygen atoms in total. The zero-order valence-electron chi connectivity index (χ0n) is 12.6. The Morgan fingerprint density at radius 3 is 2.70 bits per heavy atom. The van der Waals surface area contributed by atoms with Gasteiger partial charge in [-0.1, -0.05) is 6.07 Å². The van der Waals surface area contributed by atoms with Crippen molar-refractivity contribution in [2.24, 2.45) is 5.92 Å². The molecule has 0 spiro atoms. The predicted molar refractivity (Wildman–Crippen MR) is 77.6 cm³/mol. The van der Waals surface area contributed by atoms with Gasteiger partial charge in [-0.3, -0.25) is 9.59 Å². The highest BCUT2D eigenvalue weighted by atomic mass is 19.2. The van der Waals surface area contributed by atoms with E-state index in [1.54, 1.807) is 0 Å². The Hall–Kier alpha value is -2.02. The first-order valence-electron chi connectivity index (χ1n) is 7.49. The Morgan fingerprint density at radius 1 is 1.30 bits per heavy atom. The first-order valence-corrected chi connectivity index (χ1v) is 7.49. The molecular formula is C16H19F2NO4. The first kappa shape index (κ1) is 17.3. The Labute approximate surface area is 132 Å². The number of carboxylic acids is 1. The molecule has 0 saturated carbocycles. The summed E-state index contributed by atoms with van der Waals surface area (Å²) in [6, 6.07) is 3.40. The van der Waals surface area contributed by atoms with Crippen LogP contribution < -0.4 is 0 Å². The molecule has 1 atom stereocenters. The summed E-state index contributed by atoms with van der Waals surface area (Å²) in [5, 5.41) is 8.83. The Balaban J connectivity index is 2.10. The summed E-state index contributed by atoms with van der Waals surface area (Å²) in [7, 11) is 0. The lowest BCUT2D eigenvalue weighted by molar-refractivity contribution is -0.142. The van der Waals surface area contributed by atoms with Crippen molar-refractivity contribution >= 4 is 11.9 Å². The third-order valence-corrected chi connectivity index (χ3v) is 3.77. The highest BCUT2D eigenvalue weighted by molar-refractivity contribution is 5.79. The van der Waals surface area contributed by atoms with Gasteiger partial charge in [-0.15, -0.1) is 0 Å². The number of carbonyl (C=O) groups excluding carboxylic acids is 1. The molecule has 1 amide bonds. The molecule has 1 aliphatic heterocycles. The van der Waals surface area contributed by atoms with Crippen LogP contribution in [0.25, 0.3) is 0 Å². The van der Waals surface area contributed by atoms with Crippen LogP contribution in [0.2, 0.25) is 0 Å². The summed E-state index contributed by atoms with van der Waals surface area (Å²) in [5.41, 5.74) is 0.416. The smallest absolute Gasteiger partial charge is 0.305 e. The number of hydrogen-bond donors (Lipinski definition) is 1. The van der Waals surface area contributed by atoms with Crippen molar-refractivity contribution in [3.63, 3.8) is 0 Å². The summed E-state index contributed by atoms with van der Waals surface area (Å²) in [6.07, 6.45) is 1.25. The summed E-state index contributed by atoms with van der Waals surface area (Å²) in [5.74, 6) is -3.50. The van der Waals surface area contributed by atoms with E-state index in [0.29, 0.717) is 25.2 Å². The largest absolute Gasteiger partial charge is 0.481 e. The van der Waals surface area contributed by atoms with E-state index in [1.807, 2.05) is 0 Å². The van der Waals surface area contributed by atoms with E-state index in [4.69, 9.17) is 9.84 Å². The van der Waals surface area contributed by atoms with Gasteiger partial charge in [0.25, 0.3) is 0 Å². The third-order valence-electron chi connectivity index (χ3n) is 3.77.